The van der Waals surface area contributed by atoms with Gasteiger partial charge in [-0.2, -0.15) is 0 Å². The van der Waals surface area contributed by atoms with Gasteiger partial charge in [-0.1, -0.05) is 74.0 Å². The summed E-state index contributed by atoms with van der Waals surface area (Å²) in [5.41, 5.74) is 0.853. The Morgan fingerprint density at radius 3 is 1.75 bits per heavy atom. The largest absolute Gasteiger partial charge is 0.379 e. The van der Waals surface area contributed by atoms with Gasteiger partial charge in [0.05, 0.1) is 0 Å². The van der Waals surface area contributed by atoms with E-state index in [2.05, 4.69) is 12.2 Å². The van der Waals surface area contributed by atoms with Crippen molar-refractivity contribution in [2.45, 2.75) is 31.4 Å². The van der Waals surface area contributed by atoms with Gasteiger partial charge in [-0.05, 0) is 24.6 Å². The topological polar surface area (TPSA) is 32.3 Å². The molecule has 0 heterocycles. The van der Waals surface area contributed by atoms with Crippen molar-refractivity contribution in [1.29, 1.82) is 0 Å². The third kappa shape index (κ3) is 2.77. The number of aliphatic hydroxyl groups is 1. The number of rotatable bonds is 6. The van der Waals surface area contributed by atoms with Gasteiger partial charge in [0.2, 0.25) is 0 Å². The molecule has 0 spiro atoms. The number of benzene rings is 2. The van der Waals surface area contributed by atoms with Crippen LogP contribution in [0.5, 0.6) is 0 Å². The predicted octanol–water partition coefficient (Wildman–Crippen LogP) is 3.31. The van der Waals surface area contributed by atoms with Crippen LogP contribution >= 0.6 is 0 Å². The molecule has 2 heteroatoms. The van der Waals surface area contributed by atoms with Crippen molar-refractivity contribution in [1.82, 2.24) is 5.32 Å². The molecule has 0 bridgehead atoms. The molecule has 1 unspecified atom stereocenters. The minimum atomic E-state index is -1.01. The average molecular weight is 269 g/mol. The summed E-state index contributed by atoms with van der Waals surface area (Å²) in [5.74, 6) is 0. The lowest BCUT2D eigenvalue weighted by Crippen LogP contribution is -2.48. The van der Waals surface area contributed by atoms with Gasteiger partial charge < -0.3 is 10.4 Å². The maximum absolute atomic E-state index is 11.5. The van der Waals surface area contributed by atoms with Crippen molar-refractivity contribution in [3.8, 4) is 0 Å². The molecular formula is C18H23NO. The second-order valence-corrected chi connectivity index (χ2v) is 5.13. The summed E-state index contributed by atoms with van der Waals surface area (Å²) < 4.78 is 0. The number of hydrogen-bond acceptors (Lipinski definition) is 2. The summed E-state index contributed by atoms with van der Waals surface area (Å²) in [6.45, 7) is 2.14. The van der Waals surface area contributed by atoms with Gasteiger partial charge in [-0.25, -0.2) is 0 Å². The van der Waals surface area contributed by atoms with E-state index >= 15 is 0 Å². The standard InChI is InChI=1S/C18H23NO/c1-3-10-17(19-2)18(20,15-11-6-4-7-12-15)16-13-8-5-9-14-16/h4-9,11-14,17,19-20H,3,10H2,1-2H3. The highest BCUT2D eigenvalue weighted by molar-refractivity contribution is 5.38. The molecule has 0 aromatic heterocycles. The fourth-order valence-corrected chi connectivity index (χ4v) is 2.80. The summed E-state index contributed by atoms with van der Waals surface area (Å²) >= 11 is 0. The lowest BCUT2D eigenvalue weighted by molar-refractivity contribution is 0.0363. The molecule has 0 amide bonds. The Balaban J connectivity index is 2.54. The molecule has 20 heavy (non-hydrogen) atoms. The zero-order chi connectivity index (χ0) is 14.4. The molecular weight excluding hydrogens is 246 g/mol. The number of nitrogens with one attached hydrogen (secondary N) is 1. The Morgan fingerprint density at radius 1 is 0.950 bits per heavy atom. The van der Waals surface area contributed by atoms with Gasteiger partial charge in [-0.3, -0.25) is 0 Å². The van der Waals surface area contributed by atoms with Gasteiger partial charge in [0.1, 0.15) is 5.60 Å². The third-order valence-electron chi connectivity index (χ3n) is 3.86. The molecule has 2 aromatic rings. The normalized spacial score (nSPS) is 13.2. The van der Waals surface area contributed by atoms with E-state index in [4.69, 9.17) is 0 Å². The van der Waals surface area contributed by atoms with Gasteiger partial charge >= 0.3 is 0 Å². The van der Waals surface area contributed by atoms with Crippen LogP contribution in [0.3, 0.4) is 0 Å². The fraction of sp³-hybridized carbons (Fsp3) is 0.333. The van der Waals surface area contributed by atoms with Crippen molar-refractivity contribution in [2.24, 2.45) is 0 Å². The number of hydrogen-bond donors (Lipinski definition) is 2. The average Bonchev–Trinajstić information content (AvgIpc) is 2.53. The maximum Gasteiger partial charge on any atom is 0.130 e. The molecule has 0 saturated heterocycles. The molecule has 0 radical (unpaired) electrons. The summed E-state index contributed by atoms with van der Waals surface area (Å²) in [6, 6.07) is 19.8. The lowest BCUT2D eigenvalue weighted by atomic mass is 9.78. The molecule has 106 valence electrons. The predicted molar refractivity (Wildman–Crippen MR) is 83.6 cm³/mol. The van der Waals surface area contributed by atoms with Gasteiger partial charge in [0, 0.05) is 6.04 Å². The van der Waals surface area contributed by atoms with E-state index in [9.17, 15) is 5.11 Å². The Morgan fingerprint density at radius 2 is 1.40 bits per heavy atom. The molecule has 2 N–H and O–H groups in total. The number of likely N-dealkylation sites (N-methyl/N-ethyl adjacent to an activating group) is 1. The van der Waals surface area contributed by atoms with Crippen LogP contribution in [0.2, 0.25) is 0 Å². The first kappa shape index (κ1) is 14.8. The van der Waals surface area contributed by atoms with Crippen molar-refractivity contribution in [2.75, 3.05) is 7.05 Å². The van der Waals surface area contributed by atoms with Crippen molar-refractivity contribution in [3.05, 3.63) is 71.8 Å². The SMILES string of the molecule is CCCC(NC)C(O)(c1ccccc1)c1ccccc1. The zero-order valence-corrected chi connectivity index (χ0v) is 12.2. The molecule has 0 aliphatic carbocycles. The third-order valence-corrected chi connectivity index (χ3v) is 3.86. The summed E-state index contributed by atoms with van der Waals surface area (Å²) in [5, 5.41) is 14.8. The molecule has 2 nitrogen and oxygen atoms in total. The Hall–Kier alpha value is -1.64. The molecule has 0 aliphatic heterocycles. The van der Waals surface area contributed by atoms with Gasteiger partial charge in [0.15, 0.2) is 0 Å². The molecule has 0 fully saturated rings. The van der Waals surface area contributed by atoms with Crippen LogP contribution in [-0.2, 0) is 5.60 Å². The van der Waals surface area contributed by atoms with E-state index in [1.54, 1.807) is 0 Å². The van der Waals surface area contributed by atoms with E-state index in [-0.39, 0.29) is 6.04 Å². The highest BCUT2D eigenvalue weighted by Crippen LogP contribution is 2.34. The van der Waals surface area contributed by atoms with Crippen molar-refractivity contribution in [3.63, 3.8) is 0 Å². The highest BCUT2D eigenvalue weighted by atomic mass is 16.3. The smallest absolute Gasteiger partial charge is 0.130 e. The first-order chi connectivity index (χ1) is 9.73. The Kier molecular flexibility index (Phi) is 4.94. The second kappa shape index (κ2) is 6.69. The van der Waals surface area contributed by atoms with E-state index in [1.807, 2.05) is 67.7 Å². The van der Waals surface area contributed by atoms with E-state index in [1.165, 1.54) is 0 Å². The Bertz CT molecular complexity index is 470. The van der Waals surface area contributed by atoms with Crippen molar-refractivity contribution < 1.29 is 5.11 Å². The van der Waals surface area contributed by atoms with Crippen LogP contribution < -0.4 is 5.32 Å². The van der Waals surface area contributed by atoms with Crippen LogP contribution in [0.1, 0.15) is 30.9 Å². The first-order valence-corrected chi connectivity index (χ1v) is 7.24. The molecule has 1 atom stereocenters. The summed E-state index contributed by atoms with van der Waals surface area (Å²) in [7, 11) is 1.91. The lowest BCUT2D eigenvalue weighted by Gasteiger charge is -2.37. The van der Waals surface area contributed by atoms with Gasteiger partial charge in [-0.15, -0.1) is 0 Å². The van der Waals surface area contributed by atoms with Gasteiger partial charge in [0.25, 0.3) is 0 Å². The van der Waals surface area contributed by atoms with Crippen LogP contribution in [0.4, 0.5) is 0 Å². The molecule has 2 aromatic carbocycles. The second-order valence-electron chi connectivity index (χ2n) is 5.13. The van der Waals surface area contributed by atoms with Crippen LogP contribution in [0.15, 0.2) is 60.7 Å². The summed E-state index contributed by atoms with van der Waals surface area (Å²) in [6.07, 6.45) is 1.93. The van der Waals surface area contributed by atoms with E-state index in [0.717, 1.165) is 24.0 Å². The first-order valence-electron chi connectivity index (χ1n) is 7.24. The zero-order valence-electron chi connectivity index (χ0n) is 12.2. The highest BCUT2D eigenvalue weighted by Gasteiger charge is 2.38. The minimum absolute atomic E-state index is 0.0164. The van der Waals surface area contributed by atoms with Crippen molar-refractivity contribution >= 4 is 0 Å². The minimum Gasteiger partial charge on any atom is -0.379 e. The van der Waals surface area contributed by atoms with Crippen LogP contribution in [0, 0.1) is 0 Å². The van der Waals surface area contributed by atoms with E-state index in [0.29, 0.717) is 0 Å². The fourth-order valence-electron chi connectivity index (χ4n) is 2.80. The maximum atomic E-state index is 11.5. The molecule has 0 aliphatic rings. The summed E-state index contributed by atoms with van der Waals surface area (Å²) in [4.78, 5) is 0. The van der Waals surface area contributed by atoms with Crippen LogP contribution in [-0.4, -0.2) is 18.2 Å². The molecule has 2 rings (SSSR count). The quantitative estimate of drug-likeness (QED) is 0.843. The monoisotopic (exact) mass is 269 g/mol. The van der Waals surface area contributed by atoms with Crippen LogP contribution in [0.25, 0.3) is 0 Å². The van der Waals surface area contributed by atoms with E-state index < -0.39 is 5.60 Å². The molecule has 0 saturated carbocycles. The Labute approximate surface area is 121 Å².